The van der Waals surface area contributed by atoms with Crippen LogP contribution in [0.2, 0.25) is 0 Å². The van der Waals surface area contributed by atoms with Crippen LogP contribution in [0.4, 0.5) is 0 Å². The zero-order chi connectivity index (χ0) is 12.5. The van der Waals surface area contributed by atoms with Crippen LogP contribution in [0, 0.1) is 6.92 Å². The summed E-state index contributed by atoms with van der Waals surface area (Å²) in [6, 6.07) is 12.0. The SMILES string of the molecule is CNC(c1ccco1)c1cc2cc(C)ccc2o1. The van der Waals surface area contributed by atoms with Crippen LogP contribution in [-0.4, -0.2) is 7.05 Å². The normalized spacial score (nSPS) is 13.0. The number of fused-ring (bicyclic) bond motifs is 1. The molecule has 0 aliphatic carbocycles. The molecule has 0 saturated carbocycles. The molecule has 0 fully saturated rings. The van der Waals surface area contributed by atoms with Crippen molar-refractivity contribution >= 4 is 11.0 Å². The van der Waals surface area contributed by atoms with Crippen LogP contribution in [0.1, 0.15) is 23.1 Å². The molecule has 1 unspecified atom stereocenters. The molecule has 0 spiro atoms. The second-order valence-electron chi connectivity index (χ2n) is 4.43. The molecule has 1 N–H and O–H groups in total. The molecule has 1 aromatic carbocycles. The first-order chi connectivity index (χ1) is 8.78. The third-order valence-corrected chi connectivity index (χ3v) is 3.09. The van der Waals surface area contributed by atoms with Gasteiger partial charge in [-0.1, -0.05) is 11.6 Å². The highest BCUT2D eigenvalue weighted by Crippen LogP contribution is 2.28. The molecule has 0 radical (unpaired) electrons. The van der Waals surface area contributed by atoms with Gasteiger partial charge in [0.25, 0.3) is 0 Å². The summed E-state index contributed by atoms with van der Waals surface area (Å²) in [6.45, 7) is 2.08. The molecule has 2 aromatic heterocycles. The van der Waals surface area contributed by atoms with E-state index in [1.165, 1.54) is 5.56 Å². The third kappa shape index (κ3) is 1.83. The smallest absolute Gasteiger partial charge is 0.134 e. The fourth-order valence-corrected chi connectivity index (χ4v) is 2.21. The van der Waals surface area contributed by atoms with E-state index < -0.39 is 0 Å². The summed E-state index contributed by atoms with van der Waals surface area (Å²) in [7, 11) is 1.89. The maximum atomic E-state index is 5.88. The summed E-state index contributed by atoms with van der Waals surface area (Å²) < 4.78 is 11.3. The van der Waals surface area contributed by atoms with Gasteiger partial charge < -0.3 is 14.2 Å². The Morgan fingerprint density at radius 3 is 2.72 bits per heavy atom. The summed E-state index contributed by atoms with van der Waals surface area (Å²) >= 11 is 0. The van der Waals surface area contributed by atoms with E-state index in [0.717, 1.165) is 22.5 Å². The van der Waals surface area contributed by atoms with Crippen molar-refractivity contribution < 1.29 is 8.83 Å². The van der Waals surface area contributed by atoms with Crippen molar-refractivity contribution in [3.05, 3.63) is 59.7 Å². The zero-order valence-corrected chi connectivity index (χ0v) is 10.4. The lowest BCUT2D eigenvalue weighted by Crippen LogP contribution is -2.16. The highest BCUT2D eigenvalue weighted by atomic mass is 16.4. The van der Waals surface area contributed by atoms with Crippen molar-refractivity contribution in [1.29, 1.82) is 0 Å². The molecule has 3 nitrogen and oxygen atoms in total. The predicted octanol–water partition coefficient (Wildman–Crippen LogP) is 3.64. The van der Waals surface area contributed by atoms with Gasteiger partial charge in [-0.2, -0.15) is 0 Å². The van der Waals surface area contributed by atoms with Gasteiger partial charge in [0.05, 0.1) is 6.26 Å². The van der Waals surface area contributed by atoms with Crippen molar-refractivity contribution in [2.45, 2.75) is 13.0 Å². The topological polar surface area (TPSA) is 38.3 Å². The maximum absolute atomic E-state index is 5.88. The fraction of sp³-hybridized carbons (Fsp3) is 0.200. The molecule has 1 atom stereocenters. The van der Waals surface area contributed by atoms with Crippen molar-refractivity contribution in [2.75, 3.05) is 7.05 Å². The number of aryl methyl sites for hydroxylation is 1. The Morgan fingerprint density at radius 2 is 2.00 bits per heavy atom. The molecule has 3 heteroatoms. The van der Waals surface area contributed by atoms with E-state index in [9.17, 15) is 0 Å². The van der Waals surface area contributed by atoms with Gasteiger partial charge in [-0.3, -0.25) is 0 Å². The standard InChI is InChI=1S/C15H15NO2/c1-10-5-6-12-11(8-10)9-14(18-12)15(16-2)13-4-3-7-17-13/h3-9,15-16H,1-2H3. The van der Waals surface area contributed by atoms with Gasteiger partial charge in [0, 0.05) is 5.39 Å². The molecular weight excluding hydrogens is 226 g/mol. The van der Waals surface area contributed by atoms with Crippen molar-refractivity contribution in [3.8, 4) is 0 Å². The summed E-state index contributed by atoms with van der Waals surface area (Å²) in [5, 5.41) is 4.33. The minimum absolute atomic E-state index is 0.0484. The number of nitrogens with one attached hydrogen (secondary N) is 1. The lowest BCUT2D eigenvalue weighted by molar-refractivity contribution is 0.414. The van der Waals surface area contributed by atoms with Gasteiger partial charge in [-0.05, 0) is 44.3 Å². The van der Waals surface area contributed by atoms with Crippen LogP contribution in [0.25, 0.3) is 11.0 Å². The summed E-state index contributed by atoms with van der Waals surface area (Å²) in [5.74, 6) is 1.72. The van der Waals surface area contributed by atoms with Crippen LogP contribution < -0.4 is 5.32 Å². The van der Waals surface area contributed by atoms with E-state index in [1.807, 2.05) is 25.2 Å². The van der Waals surface area contributed by atoms with E-state index in [2.05, 4.69) is 30.4 Å². The van der Waals surface area contributed by atoms with Gasteiger partial charge in [0.1, 0.15) is 23.1 Å². The Morgan fingerprint density at radius 1 is 1.11 bits per heavy atom. The van der Waals surface area contributed by atoms with Crippen LogP contribution in [-0.2, 0) is 0 Å². The molecule has 0 bridgehead atoms. The first-order valence-corrected chi connectivity index (χ1v) is 5.98. The molecule has 3 rings (SSSR count). The summed E-state index contributed by atoms with van der Waals surface area (Å²) in [6.07, 6.45) is 1.67. The average molecular weight is 241 g/mol. The highest BCUT2D eigenvalue weighted by molar-refractivity contribution is 5.78. The Kier molecular flexibility index (Phi) is 2.68. The first-order valence-electron chi connectivity index (χ1n) is 5.98. The lowest BCUT2D eigenvalue weighted by atomic mass is 10.1. The van der Waals surface area contributed by atoms with Crippen LogP contribution >= 0.6 is 0 Å². The number of hydrogen-bond acceptors (Lipinski definition) is 3. The number of rotatable bonds is 3. The summed E-state index contributed by atoms with van der Waals surface area (Å²) in [4.78, 5) is 0. The van der Waals surface area contributed by atoms with E-state index in [0.29, 0.717) is 0 Å². The Labute approximate surface area is 105 Å². The zero-order valence-electron chi connectivity index (χ0n) is 10.4. The van der Waals surface area contributed by atoms with E-state index in [4.69, 9.17) is 8.83 Å². The Bertz CT molecular complexity index is 652. The molecule has 0 aliphatic rings. The quantitative estimate of drug-likeness (QED) is 0.760. The Balaban J connectivity index is 2.07. The number of hydrogen-bond donors (Lipinski definition) is 1. The molecule has 0 amide bonds. The first kappa shape index (κ1) is 11.1. The van der Waals surface area contributed by atoms with E-state index >= 15 is 0 Å². The molecule has 2 heterocycles. The maximum Gasteiger partial charge on any atom is 0.134 e. The van der Waals surface area contributed by atoms with Gasteiger partial charge in [0.2, 0.25) is 0 Å². The van der Waals surface area contributed by atoms with Gasteiger partial charge >= 0.3 is 0 Å². The number of furan rings is 2. The summed E-state index contributed by atoms with van der Waals surface area (Å²) in [5.41, 5.74) is 2.14. The fourth-order valence-electron chi connectivity index (χ4n) is 2.21. The lowest BCUT2D eigenvalue weighted by Gasteiger charge is -2.09. The number of benzene rings is 1. The molecule has 0 aliphatic heterocycles. The Hall–Kier alpha value is -2.00. The highest BCUT2D eigenvalue weighted by Gasteiger charge is 2.19. The second-order valence-corrected chi connectivity index (χ2v) is 4.43. The van der Waals surface area contributed by atoms with Gasteiger partial charge in [-0.25, -0.2) is 0 Å². The minimum Gasteiger partial charge on any atom is -0.467 e. The van der Waals surface area contributed by atoms with Gasteiger partial charge in [-0.15, -0.1) is 0 Å². The van der Waals surface area contributed by atoms with Crippen LogP contribution in [0.3, 0.4) is 0 Å². The van der Waals surface area contributed by atoms with Crippen molar-refractivity contribution in [3.63, 3.8) is 0 Å². The largest absolute Gasteiger partial charge is 0.467 e. The molecule has 18 heavy (non-hydrogen) atoms. The van der Waals surface area contributed by atoms with Crippen LogP contribution in [0.15, 0.2) is 51.5 Å². The van der Waals surface area contributed by atoms with E-state index in [-0.39, 0.29) is 6.04 Å². The molecule has 0 saturated heterocycles. The predicted molar refractivity (Wildman–Crippen MR) is 70.6 cm³/mol. The average Bonchev–Trinajstić information content (AvgIpc) is 2.98. The molecule has 92 valence electrons. The van der Waals surface area contributed by atoms with Crippen molar-refractivity contribution in [1.82, 2.24) is 5.32 Å². The minimum atomic E-state index is -0.0484. The van der Waals surface area contributed by atoms with Gasteiger partial charge in [0.15, 0.2) is 0 Å². The van der Waals surface area contributed by atoms with Crippen molar-refractivity contribution in [2.24, 2.45) is 0 Å². The third-order valence-electron chi connectivity index (χ3n) is 3.09. The molecular formula is C15H15NO2. The van der Waals surface area contributed by atoms with E-state index in [1.54, 1.807) is 6.26 Å². The monoisotopic (exact) mass is 241 g/mol. The second kappa shape index (κ2) is 4.35. The van der Waals surface area contributed by atoms with Crippen LogP contribution in [0.5, 0.6) is 0 Å². The molecule has 3 aromatic rings.